The Labute approximate surface area is 193 Å². The highest BCUT2D eigenvalue weighted by Crippen LogP contribution is 2.25. The molecule has 1 N–H and O–H groups in total. The van der Waals surface area contributed by atoms with E-state index in [0.29, 0.717) is 11.6 Å². The standard InChI is InChI=1S/C23H29N7OS/c1-17-11-22(30(26-17)19-4-2-3-18(12-19)14-24)28-7-5-27(6-8-28)20-13-21(25-15-20)23(31)29-9-10-32-16-29/h2-4,11-12,20-21,25H,5-10,13,15-16H2,1H3/t20?,21-/m0/s1. The quantitative estimate of drug-likeness (QED) is 0.753. The van der Waals surface area contributed by atoms with Crippen molar-refractivity contribution in [3.63, 3.8) is 0 Å². The van der Waals surface area contributed by atoms with Crippen LogP contribution in [0.5, 0.6) is 0 Å². The summed E-state index contributed by atoms with van der Waals surface area (Å²) in [7, 11) is 0. The Morgan fingerprint density at radius 3 is 2.81 bits per heavy atom. The SMILES string of the molecule is Cc1cc(N2CCN(C3CN[C@H](C(=O)N4CCSC4)C3)CC2)n(-c2cccc(C#N)c2)n1. The number of aryl methyl sites for hydroxylation is 1. The molecule has 9 heteroatoms. The molecule has 3 aliphatic rings. The topological polar surface area (TPSA) is 80.4 Å². The van der Waals surface area contributed by atoms with Crippen molar-refractivity contribution >= 4 is 23.5 Å². The molecule has 1 aromatic carbocycles. The molecule has 0 spiro atoms. The van der Waals surface area contributed by atoms with E-state index in [0.717, 1.165) is 74.5 Å². The highest BCUT2D eigenvalue weighted by molar-refractivity contribution is 7.99. The van der Waals surface area contributed by atoms with E-state index in [2.05, 4.69) is 27.3 Å². The van der Waals surface area contributed by atoms with Crippen molar-refractivity contribution in [1.82, 2.24) is 24.9 Å². The summed E-state index contributed by atoms with van der Waals surface area (Å²) in [6, 6.07) is 12.3. The molecule has 3 saturated heterocycles. The van der Waals surface area contributed by atoms with Gasteiger partial charge in [0.2, 0.25) is 5.91 Å². The average molecular weight is 452 g/mol. The van der Waals surface area contributed by atoms with Crippen LogP contribution in [0.15, 0.2) is 30.3 Å². The Hall–Kier alpha value is -2.54. The molecule has 0 bridgehead atoms. The van der Waals surface area contributed by atoms with Crippen molar-refractivity contribution in [3.05, 3.63) is 41.6 Å². The molecule has 1 unspecified atom stereocenters. The first-order valence-electron chi connectivity index (χ1n) is 11.3. The first kappa shape index (κ1) is 21.3. The molecule has 3 fully saturated rings. The summed E-state index contributed by atoms with van der Waals surface area (Å²) >= 11 is 1.84. The Morgan fingerprint density at radius 2 is 2.06 bits per heavy atom. The van der Waals surface area contributed by atoms with Gasteiger partial charge in [0.15, 0.2) is 0 Å². The van der Waals surface area contributed by atoms with Crippen molar-refractivity contribution in [2.75, 3.05) is 55.8 Å². The van der Waals surface area contributed by atoms with E-state index in [1.54, 1.807) is 0 Å². The molecule has 168 valence electrons. The molecule has 0 saturated carbocycles. The Kier molecular flexibility index (Phi) is 6.09. The molecule has 32 heavy (non-hydrogen) atoms. The lowest BCUT2D eigenvalue weighted by Gasteiger charge is -2.38. The lowest BCUT2D eigenvalue weighted by molar-refractivity contribution is -0.131. The van der Waals surface area contributed by atoms with Gasteiger partial charge in [0, 0.05) is 57.1 Å². The fraction of sp³-hybridized carbons (Fsp3) is 0.522. The van der Waals surface area contributed by atoms with Crippen LogP contribution in [-0.2, 0) is 4.79 Å². The Morgan fingerprint density at radius 1 is 1.22 bits per heavy atom. The second-order valence-electron chi connectivity index (χ2n) is 8.73. The van der Waals surface area contributed by atoms with Crippen LogP contribution >= 0.6 is 11.8 Å². The molecule has 1 amide bonds. The highest BCUT2D eigenvalue weighted by Gasteiger charge is 2.37. The van der Waals surface area contributed by atoms with Crippen LogP contribution in [0, 0.1) is 18.3 Å². The number of nitriles is 1. The zero-order chi connectivity index (χ0) is 22.1. The molecule has 5 rings (SSSR count). The van der Waals surface area contributed by atoms with E-state index in [1.807, 2.05) is 52.5 Å². The lowest BCUT2D eigenvalue weighted by atomic mass is 10.1. The molecule has 8 nitrogen and oxygen atoms in total. The predicted octanol–water partition coefficient (Wildman–Crippen LogP) is 1.44. The van der Waals surface area contributed by atoms with Gasteiger partial charge in [-0.15, -0.1) is 11.8 Å². The summed E-state index contributed by atoms with van der Waals surface area (Å²) in [5.41, 5.74) is 2.51. The third kappa shape index (κ3) is 4.22. The second-order valence-corrected chi connectivity index (χ2v) is 9.80. The Balaban J connectivity index is 1.22. The number of anilines is 1. The van der Waals surface area contributed by atoms with Crippen LogP contribution in [0.1, 0.15) is 17.7 Å². The van der Waals surface area contributed by atoms with Crippen molar-refractivity contribution in [3.8, 4) is 11.8 Å². The van der Waals surface area contributed by atoms with Crippen LogP contribution in [0.2, 0.25) is 0 Å². The largest absolute Gasteiger partial charge is 0.354 e. The fourth-order valence-corrected chi connectivity index (χ4v) is 5.87. The van der Waals surface area contributed by atoms with E-state index < -0.39 is 0 Å². The van der Waals surface area contributed by atoms with Gasteiger partial charge in [-0.1, -0.05) is 6.07 Å². The molecule has 2 aromatic rings. The van der Waals surface area contributed by atoms with E-state index in [9.17, 15) is 10.1 Å². The molecule has 2 atom stereocenters. The summed E-state index contributed by atoms with van der Waals surface area (Å²) in [5.74, 6) is 3.24. The number of hydrogen-bond donors (Lipinski definition) is 1. The van der Waals surface area contributed by atoms with Crippen molar-refractivity contribution < 1.29 is 4.79 Å². The molecule has 1 aromatic heterocycles. The number of amides is 1. The van der Waals surface area contributed by atoms with Crippen molar-refractivity contribution in [2.45, 2.75) is 25.4 Å². The first-order valence-corrected chi connectivity index (χ1v) is 12.4. The minimum absolute atomic E-state index is 0.0341. The maximum absolute atomic E-state index is 12.7. The van der Waals surface area contributed by atoms with E-state index in [1.165, 1.54) is 0 Å². The number of nitrogens with zero attached hydrogens (tertiary/aromatic N) is 6. The van der Waals surface area contributed by atoms with Crippen molar-refractivity contribution in [1.29, 1.82) is 5.26 Å². The van der Waals surface area contributed by atoms with Crippen LogP contribution in [0.3, 0.4) is 0 Å². The normalized spacial score (nSPS) is 24.1. The van der Waals surface area contributed by atoms with Gasteiger partial charge in [-0.25, -0.2) is 4.68 Å². The number of carbonyl (C=O) groups excluding carboxylic acids is 1. The maximum Gasteiger partial charge on any atom is 0.240 e. The predicted molar refractivity (Wildman–Crippen MR) is 126 cm³/mol. The van der Waals surface area contributed by atoms with Gasteiger partial charge in [0.1, 0.15) is 5.82 Å². The van der Waals surface area contributed by atoms with Gasteiger partial charge in [0.05, 0.1) is 34.9 Å². The average Bonchev–Trinajstić information content (AvgIpc) is 3.59. The Bertz CT molecular complexity index is 1020. The van der Waals surface area contributed by atoms with E-state index >= 15 is 0 Å². The van der Waals surface area contributed by atoms with Gasteiger partial charge in [0.25, 0.3) is 0 Å². The molecule has 4 heterocycles. The minimum atomic E-state index is -0.0341. The molecular formula is C23H29N7OS. The first-order chi connectivity index (χ1) is 15.6. The van der Waals surface area contributed by atoms with E-state index in [4.69, 9.17) is 5.10 Å². The second kappa shape index (κ2) is 9.14. The molecule has 3 aliphatic heterocycles. The van der Waals surface area contributed by atoms with Gasteiger partial charge in [-0.3, -0.25) is 9.69 Å². The zero-order valence-corrected chi connectivity index (χ0v) is 19.2. The van der Waals surface area contributed by atoms with Gasteiger partial charge < -0.3 is 15.1 Å². The fourth-order valence-electron chi connectivity index (χ4n) is 4.92. The molecular weight excluding hydrogens is 422 g/mol. The van der Waals surface area contributed by atoms with E-state index in [-0.39, 0.29) is 11.9 Å². The number of piperazine rings is 1. The number of thioether (sulfide) groups is 1. The lowest BCUT2D eigenvalue weighted by Crippen LogP contribution is -2.51. The zero-order valence-electron chi connectivity index (χ0n) is 18.4. The summed E-state index contributed by atoms with van der Waals surface area (Å²) in [4.78, 5) is 19.6. The summed E-state index contributed by atoms with van der Waals surface area (Å²) in [6.45, 7) is 7.54. The highest BCUT2D eigenvalue weighted by atomic mass is 32.2. The molecule has 0 radical (unpaired) electrons. The number of hydrogen-bond acceptors (Lipinski definition) is 7. The van der Waals surface area contributed by atoms with Crippen LogP contribution in [0.4, 0.5) is 5.82 Å². The third-order valence-corrected chi connectivity index (χ3v) is 7.62. The van der Waals surface area contributed by atoms with Crippen LogP contribution in [-0.4, -0.2) is 88.5 Å². The monoisotopic (exact) mass is 451 g/mol. The van der Waals surface area contributed by atoms with Crippen LogP contribution < -0.4 is 10.2 Å². The maximum atomic E-state index is 12.7. The van der Waals surface area contributed by atoms with Gasteiger partial charge in [-0.2, -0.15) is 10.4 Å². The molecule has 0 aliphatic carbocycles. The number of aromatic nitrogens is 2. The minimum Gasteiger partial charge on any atom is -0.354 e. The number of carbonyl (C=O) groups is 1. The smallest absolute Gasteiger partial charge is 0.240 e. The summed E-state index contributed by atoms with van der Waals surface area (Å²) < 4.78 is 1.95. The van der Waals surface area contributed by atoms with Gasteiger partial charge >= 0.3 is 0 Å². The third-order valence-electron chi connectivity index (χ3n) is 6.66. The van der Waals surface area contributed by atoms with Crippen molar-refractivity contribution in [2.24, 2.45) is 0 Å². The van der Waals surface area contributed by atoms with Crippen LogP contribution in [0.25, 0.3) is 5.69 Å². The number of rotatable bonds is 4. The summed E-state index contributed by atoms with van der Waals surface area (Å²) in [6.07, 6.45) is 0.901. The van der Waals surface area contributed by atoms with Gasteiger partial charge in [-0.05, 0) is 31.5 Å². The summed E-state index contributed by atoms with van der Waals surface area (Å²) in [5, 5.41) is 17.4. The number of benzene rings is 1. The number of nitrogens with one attached hydrogen (secondary N) is 1.